The fourth-order valence-electron chi connectivity index (χ4n) is 0.954. The van der Waals surface area contributed by atoms with Gasteiger partial charge in [0.25, 0.3) is 0 Å². The van der Waals surface area contributed by atoms with Gasteiger partial charge in [0.15, 0.2) is 0 Å². The average molecular weight is 235 g/mol. The van der Waals surface area contributed by atoms with Gasteiger partial charge in [-0.3, -0.25) is 8.78 Å². The first kappa shape index (κ1) is 9.65. The van der Waals surface area contributed by atoms with Crippen LogP contribution in [0.5, 0.6) is 0 Å². The minimum Gasteiger partial charge on any atom is -0.250 e. The first-order valence-corrected chi connectivity index (χ1v) is 4.44. The molecule has 0 N–H and O–H groups in total. The molecule has 0 spiro atoms. The largest absolute Gasteiger partial charge is 0.250 e. The van der Waals surface area contributed by atoms with Gasteiger partial charge in [-0.05, 0) is 17.7 Å². The number of halogens is 3. The van der Waals surface area contributed by atoms with Gasteiger partial charge in [0.1, 0.15) is 0 Å². The van der Waals surface area contributed by atoms with Crippen LogP contribution >= 0.6 is 15.9 Å². The zero-order valence-electron chi connectivity index (χ0n) is 6.43. The van der Waals surface area contributed by atoms with E-state index in [9.17, 15) is 8.78 Å². The monoisotopic (exact) mass is 234 g/mol. The number of hydrogen-bond acceptors (Lipinski definition) is 0. The zero-order chi connectivity index (χ0) is 8.97. The number of rotatable bonds is 3. The van der Waals surface area contributed by atoms with Crippen molar-refractivity contribution in [3.63, 3.8) is 0 Å². The van der Waals surface area contributed by atoms with Crippen LogP contribution in [0.15, 0.2) is 28.7 Å². The molecule has 3 heteroatoms. The van der Waals surface area contributed by atoms with Crippen LogP contribution in [0.4, 0.5) is 8.78 Å². The van der Waals surface area contributed by atoms with Crippen molar-refractivity contribution in [3.05, 3.63) is 34.3 Å². The van der Waals surface area contributed by atoms with E-state index >= 15 is 0 Å². The van der Waals surface area contributed by atoms with E-state index in [0.29, 0.717) is 5.56 Å². The van der Waals surface area contributed by atoms with Gasteiger partial charge in [-0.15, -0.1) is 0 Å². The van der Waals surface area contributed by atoms with Gasteiger partial charge in [-0.25, -0.2) is 0 Å². The Morgan fingerprint density at radius 2 is 1.58 bits per heavy atom. The molecule has 0 bridgehead atoms. The standard InChI is InChI=1S/C9H9BrF2/c10-9-3-1-7(2-4-9)8(5-11)6-12/h1-4,8H,5-6H2. The summed E-state index contributed by atoms with van der Waals surface area (Å²) in [7, 11) is 0. The molecule has 66 valence electrons. The van der Waals surface area contributed by atoms with Gasteiger partial charge < -0.3 is 0 Å². The SMILES string of the molecule is FCC(CF)c1ccc(Br)cc1. The fourth-order valence-corrected chi connectivity index (χ4v) is 1.22. The Kier molecular flexibility index (Phi) is 3.66. The molecule has 0 heterocycles. The van der Waals surface area contributed by atoms with Crippen LogP contribution in [0.1, 0.15) is 11.5 Å². The van der Waals surface area contributed by atoms with Crippen molar-refractivity contribution < 1.29 is 8.78 Å². The predicted molar refractivity (Wildman–Crippen MR) is 48.8 cm³/mol. The van der Waals surface area contributed by atoms with Gasteiger partial charge in [-0.1, -0.05) is 28.1 Å². The average Bonchev–Trinajstić information content (AvgIpc) is 2.10. The first-order chi connectivity index (χ1) is 5.77. The summed E-state index contributed by atoms with van der Waals surface area (Å²) in [5, 5.41) is 0. The van der Waals surface area contributed by atoms with Crippen LogP contribution in [0.3, 0.4) is 0 Å². The minimum absolute atomic E-state index is 0.599. The highest BCUT2D eigenvalue weighted by molar-refractivity contribution is 9.10. The zero-order valence-corrected chi connectivity index (χ0v) is 8.02. The van der Waals surface area contributed by atoms with Gasteiger partial charge in [0.05, 0.1) is 13.3 Å². The second-order valence-electron chi connectivity index (χ2n) is 2.56. The summed E-state index contributed by atoms with van der Waals surface area (Å²) in [5.41, 5.74) is 0.711. The highest BCUT2D eigenvalue weighted by Crippen LogP contribution is 2.19. The summed E-state index contributed by atoms with van der Waals surface area (Å²) in [6, 6.07) is 7.03. The van der Waals surface area contributed by atoms with Gasteiger partial charge >= 0.3 is 0 Å². The van der Waals surface area contributed by atoms with Crippen molar-refractivity contribution >= 4 is 15.9 Å². The Labute approximate surface area is 78.7 Å². The summed E-state index contributed by atoms with van der Waals surface area (Å²) in [4.78, 5) is 0. The van der Waals surface area contributed by atoms with Crippen molar-refractivity contribution in [1.82, 2.24) is 0 Å². The molecule has 0 amide bonds. The molecule has 0 nitrogen and oxygen atoms in total. The molecule has 0 saturated carbocycles. The number of alkyl halides is 2. The third-order valence-corrected chi connectivity index (χ3v) is 2.24. The van der Waals surface area contributed by atoms with Crippen molar-refractivity contribution in [1.29, 1.82) is 0 Å². The van der Waals surface area contributed by atoms with Crippen LogP contribution < -0.4 is 0 Å². The van der Waals surface area contributed by atoms with Crippen molar-refractivity contribution in [2.75, 3.05) is 13.3 Å². The van der Waals surface area contributed by atoms with E-state index in [2.05, 4.69) is 15.9 Å². The van der Waals surface area contributed by atoms with E-state index in [-0.39, 0.29) is 0 Å². The number of hydrogen-bond donors (Lipinski definition) is 0. The molecular formula is C9H9BrF2. The molecule has 1 aromatic carbocycles. The summed E-state index contributed by atoms with van der Waals surface area (Å²) in [6.45, 7) is -1.28. The third kappa shape index (κ3) is 2.27. The molecular weight excluding hydrogens is 226 g/mol. The van der Waals surface area contributed by atoms with Crippen LogP contribution in [-0.2, 0) is 0 Å². The summed E-state index contributed by atoms with van der Waals surface area (Å²) in [5.74, 6) is -0.599. The maximum atomic E-state index is 12.2. The summed E-state index contributed by atoms with van der Waals surface area (Å²) >= 11 is 3.25. The van der Waals surface area contributed by atoms with Crippen molar-refractivity contribution in [3.8, 4) is 0 Å². The Morgan fingerprint density at radius 1 is 1.08 bits per heavy atom. The van der Waals surface area contributed by atoms with Crippen LogP contribution in [0.25, 0.3) is 0 Å². The Morgan fingerprint density at radius 3 is 2.00 bits per heavy atom. The fraction of sp³-hybridized carbons (Fsp3) is 0.333. The molecule has 0 atom stereocenters. The first-order valence-electron chi connectivity index (χ1n) is 3.65. The van der Waals surface area contributed by atoms with Crippen molar-refractivity contribution in [2.45, 2.75) is 5.92 Å². The lowest BCUT2D eigenvalue weighted by atomic mass is 10.0. The van der Waals surface area contributed by atoms with E-state index in [0.717, 1.165) is 4.47 Å². The van der Waals surface area contributed by atoms with Crippen molar-refractivity contribution in [2.24, 2.45) is 0 Å². The predicted octanol–water partition coefficient (Wildman–Crippen LogP) is 3.47. The second-order valence-corrected chi connectivity index (χ2v) is 3.47. The molecule has 0 fully saturated rings. The quantitative estimate of drug-likeness (QED) is 0.752. The maximum Gasteiger partial charge on any atom is 0.0988 e. The lowest BCUT2D eigenvalue weighted by Gasteiger charge is -2.08. The smallest absolute Gasteiger partial charge is 0.0988 e. The molecule has 0 unspecified atom stereocenters. The van der Waals surface area contributed by atoms with Gasteiger partial charge in [0, 0.05) is 10.4 Å². The molecule has 0 aliphatic carbocycles. The lowest BCUT2D eigenvalue weighted by Crippen LogP contribution is -2.02. The van der Waals surface area contributed by atoms with E-state index in [4.69, 9.17) is 0 Å². The molecule has 0 aliphatic rings. The molecule has 0 radical (unpaired) electrons. The Balaban J connectivity index is 2.80. The summed E-state index contributed by atoms with van der Waals surface area (Å²) < 4.78 is 25.3. The third-order valence-electron chi connectivity index (χ3n) is 1.71. The van der Waals surface area contributed by atoms with E-state index in [1.807, 2.05) is 0 Å². The molecule has 1 aromatic rings. The Hall–Kier alpha value is -0.440. The van der Waals surface area contributed by atoms with Crippen LogP contribution in [0, 0.1) is 0 Å². The maximum absolute atomic E-state index is 12.2. The summed E-state index contributed by atoms with van der Waals surface area (Å²) in [6.07, 6.45) is 0. The molecule has 1 rings (SSSR count). The normalized spacial score (nSPS) is 10.7. The highest BCUT2D eigenvalue weighted by atomic mass is 79.9. The number of benzene rings is 1. The molecule has 0 saturated heterocycles. The topological polar surface area (TPSA) is 0 Å². The van der Waals surface area contributed by atoms with Gasteiger partial charge in [-0.2, -0.15) is 0 Å². The van der Waals surface area contributed by atoms with Gasteiger partial charge in [0.2, 0.25) is 0 Å². The lowest BCUT2D eigenvalue weighted by molar-refractivity contribution is 0.353. The minimum atomic E-state index is -0.641. The Bertz CT molecular complexity index is 229. The van der Waals surface area contributed by atoms with E-state index in [1.54, 1.807) is 24.3 Å². The second kappa shape index (κ2) is 4.55. The van der Waals surface area contributed by atoms with Crippen LogP contribution in [-0.4, -0.2) is 13.3 Å². The molecule has 0 aromatic heterocycles. The van der Waals surface area contributed by atoms with E-state index < -0.39 is 19.3 Å². The molecule has 0 aliphatic heterocycles. The highest BCUT2D eigenvalue weighted by Gasteiger charge is 2.09. The van der Waals surface area contributed by atoms with E-state index in [1.165, 1.54) is 0 Å². The van der Waals surface area contributed by atoms with Crippen LogP contribution in [0.2, 0.25) is 0 Å². The molecule has 12 heavy (non-hydrogen) atoms.